The van der Waals surface area contributed by atoms with Gasteiger partial charge in [-0.15, -0.1) is 0 Å². The van der Waals surface area contributed by atoms with E-state index in [2.05, 4.69) is 38.1 Å². The molecule has 1 heteroatoms. The van der Waals surface area contributed by atoms with Crippen molar-refractivity contribution in [2.45, 2.75) is 58.0 Å². The van der Waals surface area contributed by atoms with Crippen molar-refractivity contribution >= 4 is 0 Å². The summed E-state index contributed by atoms with van der Waals surface area (Å²) in [5, 5.41) is 11.5. The number of hydrogen-bond acceptors (Lipinski definition) is 1. The van der Waals surface area contributed by atoms with Crippen LogP contribution < -0.4 is 0 Å². The van der Waals surface area contributed by atoms with Gasteiger partial charge in [0.1, 0.15) is 0 Å². The van der Waals surface area contributed by atoms with Crippen molar-refractivity contribution in [2.24, 2.45) is 29.6 Å². The lowest BCUT2D eigenvalue weighted by Gasteiger charge is -2.39. The van der Waals surface area contributed by atoms with Crippen molar-refractivity contribution in [3.8, 4) is 0 Å². The minimum absolute atomic E-state index is 0.525. The molecule has 0 heterocycles. The molecule has 0 radical (unpaired) electrons. The topological polar surface area (TPSA) is 20.2 Å². The van der Waals surface area contributed by atoms with Gasteiger partial charge in [-0.3, -0.25) is 0 Å². The van der Waals surface area contributed by atoms with Gasteiger partial charge in [0.2, 0.25) is 0 Å². The van der Waals surface area contributed by atoms with Crippen molar-refractivity contribution in [3.05, 3.63) is 35.4 Å². The van der Waals surface area contributed by atoms with Crippen molar-refractivity contribution in [3.63, 3.8) is 0 Å². The van der Waals surface area contributed by atoms with Crippen LogP contribution in [0.2, 0.25) is 0 Å². The summed E-state index contributed by atoms with van der Waals surface area (Å²) >= 11 is 0. The highest BCUT2D eigenvalue weighted by atomic mass is 16.3. The first-order valence-corrected chi connectivity index (χ1v) is 8.89. The van der Waals surface area contributed by atoms with Gasteiger partial charge in [0.05, 0.1) is 5.60 Å². The summed E-state index contributed by atoms with van der Waals surface area (Å²) in [6.45, 7) is 4.53. The van der Waals surface area contributed by atoms with Crippen molar-refractivity contribution < 1.29 is 5.11 Å². The Kier molecular flexibility index (Phi) is 3.19. The van der Waals surface area contributed by atoms with Gasteiger partial charge in [-0.2, -0.15) is 0 Å². The lowest BCUT2D eigenvalue weighted by atomic mass is 9.70. The van der Waals surface area contributed by atoms with Crippen LogP contribution in [0.5, 0.6) is 0 Å². The van der Waals surface area contributed by atoms with Gasteiger partial charge in [-0.25, -0.2) is 0 Å². The molecule has 3 aliphatic carbocycles. The molecular formula is C20H28O. The summed E-state index contributed by atoms with van der Waals surface area (Å²) in [5.74, 6) is 3.75. The molecule has 2 bridgehead atoms. The third-order valence-electron chi connectivity index (χ3n) is 6.56. The number of benzene rings is 1. The fourth-order valence-corrected chi connectivity index (χ4v) is 5.88. The van der Waals surface area contributed by atoms with Crippen LogP contribution in [0.3, 0.4) is 0 Å². The molecule has 0 aliphatic heterocycles. The predicted octanol–water partition coefficient (Wildman–Crippen LogP) is 4.53. The van der Waals surface area contributed by atoms with E-state index < -0.39 is 5.60 Å². The summed E-state index contributed by atoms with van der Waals surface area (Å²) in [6, 6.07) is 8.85. The first-order valence-electron chi connectivity index (χ1n) is 8.89. The van der Waals surface area contributed by atoms with Crippen LogP contribution in [0.25, 0.3) is 0 Å². The molecule has 0 spiro atoms. The first-order chi connectivity index (χ1) is 10.1. The highest BCUT2D eigenvalue weighted by Gasteiger charge is 2.60. The normalized spacial score (nSPS) is 41.0. The molecule has 1 aromatic carbocycles. The molecule has 21 heavy (non-hydrogen) atoms. The van der Waals surface area contributed by atoms with E-state index >= 15 is 0 Å². The van der Waals surface area contributed by atoms with E-state index in [1.165, 1.54) is 36.8 Å². The second kappa shape index (κ2) is 4.84. The highest BCUT2D eigenvalue weighted by molar-refractivity contribution is 5.32. The van der Waals surface area contributed by atoms with Crippen LogP contribution in [-0.2, 0) is 12.0 Å². The lowest BCUT2D eigenvalue weighted by Crippen LogP contribution is -2.39. The fraction of sp³-hybridized carbons (Fsp3) is 0.700. The minimum Gasteiger partial charge on any atom is -0.385 e. The summed E-state index contributed by atoms with van der Waals surface area (Å²) in [7, 11) is 0. The standard InChI is InChI=1S/C20H28O/c1-13(2)9-14-5-3-6-16(10-14)20(21)12-15-11-19(20)18-8-4-7-17(15)18/h3,5-6,10,13,15,17-19,21H,4,7-9,11-12H2,1-2H3. The van der Waals surface area contributed by atoms with Crippen molar-refractivity contribution in [1.82, 2.24) is 0 Å². The van der Waals surface area contributed by atoms with Crippen LogP contribution in [0.4, 0.5) is 0 Å². The number of fused-ring (bicyclic) bond motifs is 5. The van der Waals surface area contributed by atoms with Gasteiger partial charge in [-0.05, 0) is 72.8 Å². The van der Waals surface area contributed by atoms with Gasteiger partial charge < -0.3 is 5.11 Å². The maximum Gasteiger partial charge on any atom is 0.0930 e. The van der Waals surface area contributed by atoms with Crippen LogP contribution in [0, 0.1) is 29.6 Å². The highest BCUT2D eigenvalue weighted by Crippen LogP contribution is 2.65. The Labute approximate surface area is 128 Å². The van der Waals surface area contributed by atoms with E-state index in [1.54, 1.807) is 0 Å². The number of hydrogen-bond donors (Lipinski definition) is 1. The number of aliphatic hydroxyl groups is 1. The predicted molar refractivity (Wildman–Crippen MR) is 85.9 cm³/mol. The second-order valence-electron chi connectivity index (χ2n) is 8.29. The van der Waals surface area contributed by atoms with Crippen LogP contribution in [0.15, 0.2) is 24.3 Å². The molecule has 5 unspecified atom stereocenters. The van der Waals surface area contributed by atoms with Gasteiger partial charge in [0, 0.05) is 0 Å². The van der Waals surface area contributed by atoms with E-state index in [4.69, 9.17) is 0 Å². The van der Waals surface area contributed by atoms with Crippen LogP contribution >= 0.6 is 0 Å². The number of rotatable bonds is 3. The van der Waals surface area contributed by atoms with Gasteiger partial charge in [-0.1, -0.05) is 44.5 Å². The Bertz CT molecular complexity index is 534. The van der Waals surface area contributed by atoms with Gasteiger partial charge in [0.15, 0.2) is 0 Å². The minimum atomic E-state index is -0.525. The van der Waals surface area contributed by atoms with E-state index in [0.29, 0.717) is 11.8 Å². The average molecular weight is 284 g/mol. The Morgan fingerprint density at radius 3 is 2.86 bits per heavy atom. The second-order valence-corrected chi connectivity index (χ2v) is 8.29. The summed E-state index contributed by atoms with van der Waals surface area (Å²) in [5.41, 5.74) is 2.07. The molecule has 1 aromatic rings. The fourth-order valence-electron chi connectivity index (χ4n) is 5.88. The molecule has 3 fully saturated rings. The monoisotopic (exact) mass is 284 g/mol. The maximum absolute atomic E-state index is 11.5. The Morgan fingerprint density at radius 2 is 2.05 bits per heavy atom. The van der Waals surface area contributed by atoms with Crippen molar-refractivity contribution in [1.29, 1.82) is 0 Å². The molecule has 0 aromatic heterocycles. The van der Waals surface area contributed by atoms with Crippen LogP contribution in [0.1, 0.15) is 57.1 Å². The lowest BCUT2D eigenvalue weighted by molar-refractivity contribution is -0.0513. The molecule has 114 valence electrons. The molecule has 1 N–H and O–H groups in total. The maximum atomic E-state index is 11.5. The van der Waals surface area contributed by atoms with E-state index in [1.807, 2.05) is 0 Å². The zero-order chi connectivity index (χ0) is 14.6. The molecule has 0 amide bonds. The smallest absolute Gasteiger partial charge is 0.0930 e. The van der Waals surface area contributed by atoms with Gasteiger partial charge >= 0.3 is 0 Å². The molecule has 4 rings (SSSR count). The molecule has 5 atom stereocenters. The molecule has 3 aliphatic rings. The van der Waals surface area contributed by atoms with Gasteiger partial charge in [0.25, 0.3) is 0 Å². The molecule has 0 saturated heterocycles. The SMILES string of the molecule is CC(C)Cc1cccc(C2(O)CC3CC2C2CCCC32)c1. The van der Waals surface area contributed by atoms with Crippen molar-refractivity contribution in [2.75, 3.05) is 0 Å². The van der Waals surface area contributed by atoms with E-state index in [9.17, 15) is 5.11 Å². The zero-order valence-corrected chi connectivity index (χ0v) is 13.4. The quantitative estimate of drug-likeness (QED) is 0.864. The molecular weight excluding hydrogens is 256 g/mol. The molecule has 1 nitrogen and oxygen atoms in total. The average Bonchev–Trinajstić information content (AvgIpc) is 3.09. The zero-order valence-electron chi connectivity index (χ0n) is 13.4. The van der Waals surface area contributed by atoms with E-state index in [-0.39, 0.29) is 0 Å². The third-order valence-corrected chi connectivity index (χ3v) is 6.56. The summed E-state index contributed by atoms with van der Waals surface area (Å²) in [6.07, 6.45) is 7.59. The van der Waals surface area contributed by atoms with E-state index in [0.717, 1.165) is 30.6 Å². The Morgan fingerprint density at radius 1 is 1.24 bits per heavy atom. The Balaban J connectivity index is 1.64. The summed E-state index contributed by atoms with van der Waals surface area (Å²) in [4.78, 5) is 0. The first kappa shape index (κ1) is 13.8. The van der Waals surface area contributed by atoms with Crippen LogP contribution in [-0.4, -0.2) is 5.11 Å². The Hall–Kier alpha value is -0.820. The third kappa shape index (κ3) is 2.08. The summed E-state index contributed by atoms with van der Waals surface area (Å²) < 4.78 is 0. The largest absolute Gasteiger partial charge is 0.385 e. The molecule has 3 saturated carbocycles.